The quantitative estimate of drug-likeness (QED) is 0.714. The number of nitrogens with one attached hydrogen (secondary N) is 1. The Bertz CT molecular complexity index is 803. The highest BCUT2D eigenvalue weighted by atomic mass is 32.2. The molecule has 1 unspecified atom stereocenters. The molecule has 130 valence electrons. The van der Waals surface area contributed by atoms with Crippen LogP contribution in [0.5, 0.6) is 0 Å². The van der Waals surface area contributed by atoms with Gasteiger partial charge in [-0.25, -0.2) is 4.68 Å². The monoisotopic (exact) mass is 354 g/mol. The van der Waals surface area contributed by atoms with E-state index in [4.69, 9.17) is 0 Å². The van der Waals surface area contributed by atoms with Gasteiger partial charge in [-0.3, -0.25) is 0 Å². The van der Waals surface area contributed by atoms with Crippen LogP contribution in [-0.2, 0) is 12.8 Å². The summed E-state index contributed by atoms with van der Waals surface area (Å²) in [6.45, 7) is 2.12. The average Bonchev–Trinajstić information content (AvgIpc) is 3.31. The summed E-state index contributed by atoms with van der Waals surface area (Å²) in [6, 6.07) is 10.4. The highest BCUT2D eigenvalue weighted by Gasteiger charge is 2.21. The van der Waals surface area contributed by atoms with Gasteiger partial charge < -0.3 is 9.88 Å². The average molecular weight is 354 g/mol. The van der Waals surface area contributed by atoms with Gasteiger partial charge in [-0.05, 0) is 43.1 Å². The lowest BCUT2D eigenvalue weighted by atomic mass is 9.99. The first-order valence-electron chi connectivity index (χ1n) is 8.63. The van der Waals surface area contributed by atoms with E-state index in [9.17, 15) is 0 Å². The normalized spacial score (nSPS) is 17.7. The summed E-state index contributed by atoms with van der Waals surface area (Å²) in [5.41, 5.74) is 2.34. The Morgan fingerprint density at radius 3 is 2.84 bits per heavy atom. The molecule has 0 radical (unpaired) electrons. The predicted octanol–water partition coefficient (Wildman–Crippen LogP) is 2.76. The molecule has 3 aromatic rings. The molecule has 0 saturated carbocycles. The Balaban J connectivity index is 1.40. The zero-order valence-corrected chi connectivity index (χ0v) is 15.1. The van der Waals surface area contributed by atoms with E-state index in [2.05, 4.69) is 56.5 Å². The van der Waals surface area contributed by atoms with Crippen LogP contribution in [0.4, 0.5) is 0 Å². The number of nitrogens with zero attached hydrogens (tertiary/aromatic N) is 5. The molecule has 4 rings (SSSR count). The van der Waals surface area contributed by atoms with Crippen LogP contribution in [0.3, 0.4) is 0 Å². The standard InChI is InChI=1S/C18H22N6S/c1-23-17(15-4-2-9-19-12-15)21-22-18(23)25-13-14-5-7-16(8-6-14)24-11-3-10-20-24/h3,5-8,10-11,15,19H,2,4,9,12-13H2,1H3. The van der Waals surface area contributed by atoms with Gasteiger partial charge >= 0.3 is 0 Å². The van der Waals surface area contributed by atoms with Gasteiger partial charge in [0.05, 0.1) is 5.69 Å². The van der Waals surface area contributed by atoms with Crippen molar-refractivity contribution in [3.8, 4) is 5.69 Å². The molecular formula is C18H22N6S. The Hall–Kier alpha value is -2.12. The number of hydrogen-bond donors (Lipinski definition) is 1. The van der Waals surface area contributed by atoms with E-state index in [-0.39, 0.29) is 0 Å². The van der Waals surface area contributed by atoms with Crippen LogP contribution < -0.4 is 5.32 Å². The van der Waals surface area contributed by atoms with E-state index < -0.39 is 0 Å². The second kappa shape index (κ2) is 7.41. The van der Waals surface area contributed by atoms with Crippen LogP contribution in [0.15, 0.2) is 47.9 Å². The van der Waals surface area contributed by atoms with Crippen molar-refractivity contribution in [1.29, 1.82) is 0 Å². The van der Waals surface area contributed by atoms with E-state index in [0.29, 0.717) is 5.92 Å². The van der Waals surface area contributed by atoms with E-state index in [0.717, 1.165) is 35.5 Å². The van der Waals surface area contributed by atoms with E-state index in [1.54, 1.807) is 18.0 Å². The third kappa shape index (κ3) is 3.62. The topological polar surface area (TPSA) is 60.6 Å². The summed E-state index contributed by atoms with van der Waals surface area (Å²) in [4.78, 5) is 0. The molecule has 1 aromatic carbocycles. The lowest BCUT2D eigenvalue weighted by Gasteiger charge is -2.21. The van der Waals surface area contributed by atoms with Gasteiger partial charge in [0.2, 0.25) is 0 Å². The second-order valence-electron chi connectivity index (χ2n) is 6.35. The van der Waals surface area contributed by atoms with Crippen molar-refractivity contribution in [2.75, 3.05) is 13.1 Å². The summed E-state index contributed by atoms with van der Waals surface area (Å²) in [6.07, 6.45) is 6.14. The van der Waals surface area contributed by atoms with Crippen LogP contribution in [0.25, 0.3) is 5.69 Å². The van der Waals surface area contributed by atoms with Gasteiger partial charge in [0, 0.05) is 37.7 Å². The summed E-state index contributed by atoms with van der Waals surface area (Å²) in [5.74, 6) is 2.46. The third-order valence-corrected chi connectivity index (χ3v) is 5.70. The maximum absolute atomic E-state index is 4.44. The highest BCUT2D eigenvalue weighted by Crippen LogP contribution is 2.26. The Morgan fingerprint density at radius 2 is 2.12 bits per heavy atom. The molecular weight excluding hydrogens is 332 g/mol. The first-order valence-corrected chi connectivity index (χ1v) is 9.61. The number of benzene rings is 1. The summed E-state index contributed by atoms with van der Waals surface area (Å²) >= 11 is 1.73. The summed E-state index contributed by atoms with van der Waals surface area (Å²) < 4.78 is 4.02. The zero-order valence-electron chi connectivity index (χ0n) is 14.3. The zero-order chi connectivity index (χ0) is 17.1. The fourth-order valence-electron chi connectivity index (χ4n) is 3.19. The maximum atomic E-state index is 4.44. The van der Waals surface area contributed by atoms with E-state index >= 15 is 0 Å². The predicted molar refractivity (Wildman–Crippen MR) is 99.0 cm³/mol. The van der Waals surface area contributed by atoms with Crippen LogP contribution in [0, 0.1) is 0 Å². The third-order valence-electron chi connectivity index (χ3n) is 4.60. The highest BCUT2D eigenvalue weighted by molar-refractivity contribution is 7.98. The molecule has 1 fully saturated rings. The largest absolute Gasteiger partial charge is 0.316 e. The number of rotatable bonds is 5. The van der Waals surface area contributed by atoms with Gasteiger partial charge in [0.1, 0.15) is 5.82 Å². The summed E-state index contributed by atoms with van der Waals surface area (Å²) in [7, 11) is 2.08. The molecule has 0 aliphatic carbocycles. The fourth-order valence-corrected chi connectivity index (χ4v) is 4.07. The molecule has 0 amide bonds. The van der Waals surface area contributed by atoms with Crippen molar-refractivity contribution >= 4 is 11.8 Å². The van der Waals surface area contributed by atoms with Crippen LogP contribution in [0.1, 0.15) is 30.1 Å². The van der Waals surface area contributed by atoms with Crippen LogP contribution in [0.2, 0.25) is 0 Å². The maximum Gasteiger partial charge on any atom is 0.191 e. The molecule has 1 aliphatic heterocycles. The SMILES string of the molecule is Cn1c(SCc2ccc(-n3cccn3)cc2)nnc1C1CCCNC1. The number of piperidine rings is 1. The van der Waals surface area contributed by atoms with Gasteiger partial charge in [-0.15, -0.1) is 10.2 Å². The molecule has 6 nitrogen and oxygen atoms in total. The van der Waals surface area contributed by atoms with Crippen molar-refractivity contribution in [3.63, 3.8) is 0 Å². The van der Waals surface area contributed by atoms with E-state index in [1.807, 2.05) is 16.9 Å². The number of thioether (sulfide) groups is 1. The van der Waals surface area contributed by atoms with Gasteiger partial charge in [0.25, 0.3) is 0 Å². The van der Waals surface area contributed by atoms with Gasteiger partial charge in [-0.1, -0.05) is 23.9 Å². The van der Waals surface area contributed by atoms with Crippen molar-refractivity contribution < 1.29 is 0 Å². The second-order valence-corrected chi connectivity index (χ2v) is 7.29. The summed E-state index contributed by atoms with van der Waals surface area (Å²) in [5, 5.41) is 17.5. The molecule has 0 spiro atoms. The van der Waals surface area contributed by atoms with Gasteiger partial charge in [0.15, 0.2) is 5.16 Å². The van der Waals surface area contributed by atoms with Crippen molar-refractivity contribution in [1.82, 2.24) is 29.9 Å². The Kier molecular flexibility index (Phi) is 4.85. The molecule has 7 heteroatoms. The molecule has 2 aromatic heterocycles. The Labute approximate surface area is 151 Å². The number of hydrogen-bond acceptors (Lipinski definition) is 5. The first kappa shape index (κ1) is 16.4. The molecule has 1 saturated heterocycles. The fraction of sp³-hybridized carbons (Fsp3) is 0.389. The Morgan fingerprint density at radius 1 is 1.24 bits per heavy atom. The van der Waals surface area contributed by atoms with Crippen LogP contribution >= 0.6 is 11.8 Å². The minimum absolute atomic E-state index is 0.481. The van der Waals surface area contributed by atoms with Crippen molar-refractivity contribution in [2.45, 2.75) is 29.7 Å². The molecule has 0 bridgehead atoms. The minimum atomic E-state index is 0.481. The molecule has 1 aliphatic rings. The van der Waals surface area contributed by atoms with Gasteiger partial charge in [-0.2, -0.15) is 5.10 Å². The van der Waals surface area contributed by atoms with Crippen molar-refractivity contribution in [2.24, 2.45) is 7.05 Å². The van der Waals surface area contributed by atoms with E-state index in [1.165, 1.54) is 18.4 Å². The number of aromatic nitrogens is 5. The molecule has 25 heavy (non-hydrogen) atoms. The van der Waals surface area contributed by atoms with Crippen molar-refractivity contribution in [3.05, 3.63) is 54.1 Å². The minimum Gasteiger partial charge on any atom is -0.316 e. The lowest BCUT2D eigenvalue weighted by molar-refractivity contribution is 0.436. The van der Waals surface area contributed by atoms with Crippen LogP contribution in [-0.4, -0.2) is 37.6 Å². The lowest BCUT2D eigenvalue weighted by Crippen LogP contribution is -2.29. The molecule has 3 heterocycles. The molecule has 1 N–H and O–H groups in total. The smallest absolute Gasteiger partial charge is 0.191 e. The first-order chi connectivity index (χ1) is 12.3. The molecule has 1 atom stereocenters.